The van der Waals surface area contributed by atoms with E-state index in [1.807, 2.05) is 12.1 Å². The van der Waals surface area contributed by atoms with Crippen LogP contribution in [0.2, 0.25) is 0 Å². The second-order valence-corrected chi connectivity index (χ2v) is 7.70. The molecule has 0 saturated carbocycles. The van der Waals surface area contributed by atoms with Crippen molar-refractivity contribution in [1.29, 1.82) is 0 Å². The molecule has 0 saturated heterocycles. The van der Waals surface area contributed by atoms with Gasteiger partial charge in [0.2, 0.25) is 5.78 Å². The van der Waals surface area contributed by atoms with E-state index >= 15 is 0 Å². The Hall–Kier alpha value is -2.54. The quantitative estimate of drug-likeness (QED) is 0.341. The number of hydrogen-bond acceptors (Lipinski definition) is 6. The summed E-state index contributed by atoms with van der Waals surface area (Å²) in [6.07, 6.45) is -0.978. The Morgan fingerprint density at radius 2 is 1.72 bits per heavy atom. The maximum absolute atomic E-state index is 12.4. The number of ketones is 1. The molecular weight excluding hydrogens is 342 g/mol. The average Bonchev–Trinajstić information content (AvgIpc) is 3.03. The summed E-state index contributed by atoms with van der Waals surface area (Å²) < 4.78 is 5.14. The Kier molecular flexibility index (Phi) is 5.37. The number of rotatable bonds is 5. The van der Waals surface area contributed by atoms with Crippen LogP contribution in [0, 0.1) is 10.1 Å². The first-order valence-corrected chi connectivity index (χ1v) is 8.51. The molecule has 1 aromatic carbocycles. The van der Waals surface area contributed by atoms with Gasteiger partial charge in [-0.3, -0.25) is 14.9 Å². The van der Waals surface area contributed by atoms with E-state index in [9.17, 15) is 19.7 Å². The largest absolute Gasteiger partial charge is 0.450 e. The van der Waals surface area contributed by atoms with Gasteiger partial charge in [-0.25, -0.2) is 4.79 Å². The first-order valence-electron chi connectivity index (χ1n) is 7.69. The monoisotopic (exact) mass is 361 g/mol. The molecular formula is C18H19NO5S. The first kappa shape index (κ1) is 18.8. The van der Waals surface area contributed by atoms with E-state index in [2.05, 4.69) is 20.8 Å². The molecule has 0 aliphatic rings. The fraction of sp³-hybridized carbons (Fsp3) is 0.333. The fourth-order valence-corrected chi connectivity index (χ4v) is 2.88. The Balaban J connectivity index is 2.06. The van der Waals surface area contributed by atoms with Crippen LogP contribution in [0.3, 0.4) is 0 Å². The summed E-state index contributed by atoms with van der Waals surface area (Å²) >= 11 is 0.718. The van der Waals surface area contributed by atoms with E-state index < -0.39 is 17.0 Å². The number of hydrogen-bond donors (Lipinski definition) is 0. The summed E-state index contributed by atoms with van der Waals surface area (Å²) in [4.78, 5) is 34.6. The van der Waals surface area contributed by atoms with Crippen LogP contribution in [0.15, 0.2) is 36.4 Å². The molecule has 0 spiro atoms. The van der Waals surface area contributed by atoms with Crippen molar-refractivity contribution in [3.05, 3.63) is 62.5 Å². The van der Waals surface area contributed by atoms with Gasteiger partial charge in [0.05, 0.1) is 4.92 Å². The molecule has 2 rings (SSSR count). The van der Waals surface area contributed by atoms with Crippen LogP contribution >= 0.6 is 11.3 Å². The Morgan fingerprint density at radius 1 is 1.12 bits per heavy atom. The molecule has 0 amide bonds. The number of benzene rings is 1. The van der Waals surface area contributed by atoms with E-state index in [0.29, 0.717) is 5.56 Å². The summed E-state index contributed by atoms with van der Waals surface area (Å²) in [6, 6.07) is 9.74. The van der Waals surface area contributed by atoms with E-state index in [0.717, 1.165) is 16.9 Å². The molecule has 0 aliphatic carbocycles. The molecule has 7 heteroatoms. The molecule has 132 valence electrons. The zero-order valence-corrected chi connectivity index (χ0v) is 15.3. The molecule has 6 nitrogen and oxygen atoms in total. The van der Waals surface area contributed by atoms with E-state index in [-0.39, 0.29) is 21.1 Å². The minimum atomic E-state index is -0.978. The Labute approximate surface area is 149 Å². The number of nitrogens with zero attached hydrogens (tertiary/aromatic N) is 1. The average molecular weight is 361 g/mol. The van der Waals surface area contributed by atoms with Gasteiger partial charge in [-0.2, -0.15) is 0 Å². The third kappa shape index (κ3) is 4.51. The molecule has 1 atom stereocenters. The second kappa shape index (κ2) is 7.14. The maximum Gasteiger partial charge on any atom is 0.349 e. The highest BCUT2D eigenvalue weighted by molar-refractivity contribution is 7.17. The van der Waals surface area contributed by atoms with Crippen molar-refractivity contribution in [3.63, 3.8) is 0 Å². The van der Waals surface area contributed by atoms with Gasteiger partial charge in [-0.1, -0.05) is 56.4 Å². The number of esters is 1. The molecule has 0 aliphatic heterocycles. The fourth-order valence-electron chi connectivity index (χ4n) is 2.18. The highest BCUT2D eigenvalue weighted by Gasteiger charge is 2.23. The van der Waals surface area contributed by atoms with Gasteiger partial charge in [0.25, 0.3) is 0 Å². The van der Waals surface area contributed by atoms with Crippen molar-refractivity contribution in [2.75, 3.05) is 0 Å². The maximum atomic E-state index is 12.4. The van der Waals surface area contributed by atoms with Crippen molar-refractivity contribution in [3.8, 4) is 0 Å². The predicted octanol–water partition coefficient (Wildman–Crippen LogP) is 4.38. The highest BCUT2D eigenvalue weighted by Crippen LogP contribution is 2.25. The molecule has 0 unspecified atom stereocenters. The molecule has 2 aromatic rings. The van der Waals surface area contributed by atoms with Crippen LogP contribution in [0.5, 0.6) is 0 Å². The summed E-state index contributed by atoms with van der Waals surface area (Å²) in [5, 5.41) is 10.5. The van der Waals surface area contributed by atoms with Crippen LogP contribution in [0.25, 0.3) is 0 Å². The van der Waals surface area contributed by atoms with Crippen molar-refractivity contribution in [1.82, 2.24) is 0 Å². The summed E-state index contributed by atoms with van der Waals surface area (Å²) in [6.45, 7) is 7.72. The molecule has 0 bridgehead atoms. The number of nitro groups is 1. The van der Waals surface area contributed by atoms with Crippen molar-refractivity contribution in [2.45, 2.75) is 39.2 Å². The molecule has 0 fully saturated rings. The third-order valence-electron chi connectivity index (χ3n) is 3.66. The number of carbonyl (C=O) groups excluding carboxylic acids is 2. The standard InChI is InChI=1S/C18H19NO5S/c1-11(24-17(21)14-9-10-15(25-14)19(22)23)16(20)12-5-7-13(8-6-12)18(2,3)4/h5-11H,1-4H3/t11-/m1/s1. The van der Waals surface area contributed by atoms with E-state index in [4.69, 9.17) is 4.74 Å². The van der Waals surface area contributed by atoms with Crippen LogP contribution in [-0.4, -0.2) is 22.8 Å². The highest BCUT2D eigenvalue weighted by atomic mass is 32.1. The van der Waals surface area contributed by atoms with Crippen molar-refractivity contribution < 1.29 is 19.2 Å². The zero-order valence-electron chi connectivity index (χ0n) is 14.4. The third-order valence-corrected chi connectivity index (χ3v) is 4.68. The number of carbonyl (C=O) groups is 2. The number of ether oxygens (including phenoxy) is 1. The number of thiophene rings is 1. The van der Waals surface area contributed by atoms with Gasteiger partial charge < -0.3 is 4.74 Å². The van der Waals surface area contributed by atoms with Gasteiger partial charge in [0, 0.05) is 11.6 Å². The zero-order chi connectivity index (χ0) is 18.8. The Bertz CT molecular complexity index is 802. The normalized spacial score (nSPS) is 12.5. The molecule has 25 heavy (non-hydrogen) atoms. The van der Waals surface area contributed by atoms with Crippen LogP contribution in [0.4, 0.5) is 5.00 Å². The van der Waals surface area contributed by atoms with E-state index in [1.165, 1.54) is 19.1 Å². The smallest absolute Gasteiger partial charge is 0.349 e. The molecule has 0 N–H and O–H groups in total. The van der Waals surface area contributed by atoms with Crippen LogP contribution in [-0.2, 0) is 10.2 Å². The lowest BCUT2D eigenvalue weighted by Crippen LogP contribution is -2.24. The van der Waals surface area contributed by atoms with Gasteiger partial charge in [-0.15, -0.1) is 0 Å². The van der Waals surface area contributed by atoms with Crippen molar-refractivity contribution >= 4 is 28.1 Å². The van der Waals surface area contributed by atoms with Gasteiger partial charge in [-0.05, 0) is 24.0 Å². The Morgan fingerprint density at radius 3 is 2.20 bits per heavy atom. The minimum Gasteiger partial charge on any atom is -0.450 e. The minimum absolute atomic E-state index is 0.0203. The second-order valence-electron chi connectivity index (χ2n) is 6.63. The van der Waals surface area contributed by atoms with Gasteiger partial charge >= 0.3 is 11.0 Å². The van der Waals surface area contributed by atoms with E-state index in [1.54, 1.807) is 12.1 Å². The van der Waals surface area contributed by atoms with Crippen molar-refractivity contribution in [2.24, 2.45) is 0 Å². The van der Waals surface area contributed by atoms with Crippen LogP contribution in [0.1, 0.15) is 53.3 Å². The molecule has 0 radical (unpaired) electrons. The first-order chi connectivity index (χ1) is 11.6. The topological polar surface area (TPSA) is 86.5 Å². The lowest BCUT2D eigenvalue weighted by Gasteiger charge is -2.19. The molecule has 1 aromatic heterocycles. The predicted molar refractivity (Wildman–Crippen MR) is 95.3 cm³/mol. The summed E-state index contributed by atoms with van der Waals surface area (Å²) in [5.74, 6) is -1.06. The number of Topliss-reactive ketones (excluding diaryl/α,β-unsaturated/α-hetero) is 1. The van der Waals surface area contributed by atoms with Gasteiger partial charge in [0.1, 0.15) is 4.88 Å². The summed E-state index contributed by atoms with van der Waals surface area (Å²) in [5.41, 5.74) is 1.53. The summed E-state index contributed by atoms with van der Waals surface area (Å²) in [7, 11) is 0. The van der Waals surface area contributed by atoms with Crippen LogP contribution < -0.4 is 0 Å². The lowest BCUT2D eigenvalue weighted by atomic mass is 9.86. The SMILES string of the molecule is C[C@@H](OC(=O)c1ccc([N+](=O)[O-])s1)C(=O)c1ccc(C(C)(C)C)cc1. The lowest BCUT2D eigenvalue weighted by molar-refractivity contribution is -0.380. The molecule has 1 heterocycles. The van der Waals surface area contributed by atoms with Gasteiger partial charge in [0.15, 0.2) is 6.10 Å².